The summed E-state index contributed by atoms with van der Waals surface area (Å²) >= 11 is 0. The Labute approximate surface area is 130 Å². The summed E-state index contributed by atoms with van der Waals surface area (Å²) < 4.78 is 5.64. The molecule has 0 amide bonds. The van der Waals surface area contributed by atoms with E-state index in [-0.39, 0.29) is 6.61 Å². The zero-order valence-corrected chi connectivity index (χ0v) is 13.0. The average Bonchev–Trinajstić information content (AvgIpc) is 2.96. The third kappa shape index (κ3) is 2.85. The molecule has 0 atom stereocenters. The molecule has 0 aliphatic carbocycles. The summed E-state index contributed by atoms with van der Waals surface area (Å²) in [6.07, 6.45) is 0. The van der Waals surface area contributed by atoms with Crippen molar-refractivity contribution in [3.05, 3.63) is 54.1 Å². The maximum atomic E-state index is 8.94. The van der Waals surface area contributed by atoms with E-state index in [9.17, 15) is 0 Å². The number of aromatic nitrogens is 1. The van der Waals surface area contributed by atoms with Gasteiger partial charge in [-0.15, -0.1) is 0 Å². The van der Waals surface area contributed by atoms with Crippen LogP contribution in [0, 0.1) is 0 Å². The van der Waals surface area contributed by atoms with Crippen LogP contribution in [0.4, 0.5) is 0 Å². The number of ether oxygens (including phenoxy) is 1. The molecule has 0 radical (unpaired) electrons. The SMILES string of the molecule is CC(C)c1cc(-c2cc3ccccc3[nH]2)ccc1OCCO. The molecule has 0 aliphatic rings. The zero-order valence-electron chi connectivity index (χ0n) is 13.0. The first kappa shape index (κ1) is 14.7. The Morgan fingerprint density at radius 3 is 2.64 bits per heavy atom. The quantitative estimate of drug-likeness (QED) is 0.736. The molecule has 3 nitrogen and oxygen atoms in total. The van der Waals surface area contributed by atoms with E-state index in [4.69, 9.17) is 9.84 Å². The molecule has 3 rings (SSSR count). The van der Waals surface area contributed by atoms with Gasteiger partial charge in [0.25, 0.3) is 0 Å². The standard InChI is InChI=1S/C19H21NO2/c1-13(2)16-11-15(7-8-19(16)22-10-9-21)18-12-14-5-3-4-6-17(14)20-18/h3-8,11-13,20-21H,9-10H2,1-2H3. The number of fused-ring (bicyclic) bond motifs is 1. The zero-order chi connectivity index (χ0) is 15.5. The number of para-hydroxylation sites is 1. The number of rotatable bonds is 5. The van der Waals surface area contributed by atoms with Crippen molar-refractivity contribution in [1.82, 2.24) is 4.98 Å². The van der Waals surface area contributed by atoms with Crippen molar-refractivity contribution in [3.63, 3.8) is 0 Å². The van der Waals surface area contributed by atoms with Crippen LogP contribution in [-0.4, -0.2) is 23.3 Å². The molecule has 1 heterocycles. The second-order valence-corrected chi connectivity index (χ2v) is 5.75. The van der Waals surface area contributed by atoms with Gasteiger partial charge in [0, 0.05) is 16.6 Å². The van der Waals surface area contributed by atoms with E-state index < -0.39 is 0 Å². The monoisotopic (exact) mass is 295 g/mol. The van der Waals surface area contributed by atoms with E-state index in [1.807, 2.05) is 18.2 Å². The van der Waals surface area contributed by atoms with Gasteiger partial charge in [0.2, 0.25) is 0 Å². The summed E-state index contributed by atoms with van der Waals surface area (Å²) in [5, 5.41) is 10.2. The number of aliphatic hydroxyl groups is 1. The molecule has 2 N–H and O–H groups in total. The number of nitrogens with one attached hydrogen (secondary N) is 1. The molecule has 0 saturated carbocycles. The van der Waals surface area contributed by atoms with Gasteiger partial charge in [-0.1, -0.05) is 32.0 Å². The first-order valence-corrected chi connectivity index (χ1v) is 7.65. The summed E-state index contributed by atoms with van der Waals surface area (Å²) in [5.74, 6) is 1.21. The minimum atomic E-state index is 0.0291. The van der Waals surface area contributed by atoms with Gasteiger partial charge in [0.1, 0.15) is 12.4 Å². The number of H-pyrrole nitrogens is 1. The maximum Gasteiger partial charge on any atom is 0.122 e. The maximum absolute atomic E-state index is 8.94. The van der Waals surface area contributed by atoms with Gasteiger partial charge in [0.15, 0.2) is 0 Å². The molecule has 0 saturated heterocycles. The van der Waals surface area contributed by atoms with Gasteiger partial charge in [-0.25, -0.2) is 0 Å². The molecule has 0 spiro atoms. The van der Waals surface area contributed by atoms with Crippen LogP contribution in [0.5, 0.6) is 5.75 Å². The van der Waals surface area contributed by atoms with E-state index >= 15 is 0 Å². The highest BCUT2D eigenvalue weighted by Gasteiger charge is 2.11. The number of aliphatic hydroxyl groups excluding tert-OH is 1. The smallest absolute Gasteiger partial charge is 0.122 e. The molecule has 0 fully saturated rings. The first-order chi connectivity index (χ1) is 10.7. The minimum absolute atomic E-state index is 0.0291. The summed E-state index contributed by atoms with van der Waals surface area (Å²) in [6, 6.07) is 16.7. The molecule has 3 aromatic rings. The highest BCUT2D eigenvalue weighted by molar-refractivity contribution is 5.86. The Bertz CT molecular complexity index is 741. The predicted molar refractivity (Wildman–Crippen MR) is 90.4 cm³/mol. The van der Waals surface area contributed by atoms with Crippen molar-refractivity contribution in [1.29, 1.82) is 0 Å². The molecule has 0 aliphatic heterocycles. The summed E-state index contributed by atoms with van der Waals surface area (Å²) in [4.78, 5) is 3.46. The molecule has 22 heavy (non-hydrogen) atoms. The normalized spacial score (nSPS) is 11.3. The lowest BCUT2D eigenvalue weighted by molar-refractivity contribution is 0.200. The van der Waals surface area contributed by atoms with Crippen LogP contribution in [0.2, 0.25) is 0 Å². The fraction of sp³-hybridized carbons (Fsp3) is 0.263. The lowest BCUT2D eigenvalue weighted by Gasteiger charge is -2.15. The van der Waals surface area contributed by atoms with Gasteiger partial charge < -0.3 is 14.8 Å². The molecule has 114 valence electrons. The van der Waals surface area contributed by atoms with Gasteiger partial charge >= 0.3 is 0 Å². The second-order valence-electron chi connectivity index (χ2n) is 5.75. The van der Waals surface area contributed by atoms with Crippen LogP contribution in [-0.2, 0) is 0 Å². The third-order valence-corrected chi connectivity index (χ3v) is 3.82. The lowest BCUT2D eigenvalue weighted by Crippen LogP contribution is -2.04. The average molecular weight is 295 g/mol. The van der Waals surface area contributed by atoms with Crippen molar-refractivity contribution in [2.75, 3.05) is 13.2 Å². The number of hydrogen-bond donors (Lipinski definition) is 2. The van der Waals surface area contributed by atoms with Crippen molar-refractivity contribution in [2.45, 2.75) is 19.8 Å². The number of hydrogen-bond acceptors (Lipinski definition) is 2. The summed E-state index contributed by atoms with van der Waals surface area (Å²) in [6.45, 7) is 4.65. The summed E-state index contributed by atoms with van der Waals surface area (Å²) in [5.41, 5.74) is 4.56. The van der Waals surface area contributed by atoms with Crippen LogP contribution >= 0.6 is 0 Å². The second kappa shape index (κ2) is 6.24. The Balaban J connectivity index is 2.01. The Morgan fingerprint density at radius 1 is 1.09 bits per heavy atom. The Hall–Kier alpha value is -2.26. The van der Waals surface area contributed by atoms with E-state index in [2.05, 4.69) is 49.2 Å². The van der Waals surface area contributed by atoms with Crippen LogP contribution < -0.4 is 4.74 Å². The molecule has 1 aromatic heterocycles. The van der Waals surface area contributed by atoms with Gasteiger partial charge in [-0.2, -0.15) is 0 Å². The van der Waals surface area contributed by atoms with Crippen molar-refractivity contribution >= 4 is 10.9 Å². The van der Waals surface area contributed by atoms with E-state index in [1.54, 1.807) is 0 Å². The van der Waals surface area contributed by atoms with Crippen LogP contribution in [0.3, 0.4) is 0 Å². The molecular weight excluding hydrogens is 274 g/mol. The largest absolute Gasteiger partial charge is 0.491 e. The van der Waals surface area contributed by atoms with E-state index in [0.717, 1.165) is 28.1 Å². The number of benzene rings is 2. The van der Waals surface area contributed by atoms with Crippen molar-refractivity contribution < 1.29 is 9.84 Å². The van der Waals surface area contributed by atoms with E-state index in [1.165, 1.54) is 5.39 Å². The Kier molecular flexibility index (Phi) is 4.16. The molecular formula is C19H21NO2. The Morgan fingerprint density at radius 2 is 1.91 bits per heavy atom. The van der Waals surface area contributed by atoms with E-state index in [0.29, 0.717) is 12.5 Å². The van der Waals surface area contributed by atoms with Crippen LogP contribution in [0.1, 0.15) is 25.3 Å². The summed E-state index contributed by atoms with van der Waals surface area (Å²) in [7, 11) is 0. The van der Waals surface area contributed by atoms with Gasteiger partial charge in [0.05, 0.1) is 6.61 Å². The molecule has 0 bridgehead atoms. The van der Waals surface area contributed by atoms with Gasteiger partial charge in [-0.05, 0) is 47.4 Å². The van der Waals surface area contributed by atoms with Crippen LogP contribution in [0.25, 0.3) is 22.2 Å². The molecule has 0 unspecified atom stereocenters. The predicted octanol–water partition coefficient (Wildman–Crippen LogP) is 4.33. The molecule has 2 aromatic carbocycles. The number of aromatic amines is 1. The molecule has 3 heteroatoms. The topological polar surface area (TPSA) is 45.2 Å². The first-order valence-electron chi connectivity index (χ1n) is 7.65. The third-order valence-electron chi connectivity index (χ3n) is 3.82. The lowest BCUT2D eigenvalue weighted by atomic mass is 9.98. The fourth-order valence-electron chi connectivity index (χ4n) is 2.68. The fourth-order valence-corrected chi connectivity index (χ4v) is 2.68. The van der Waals surface area contributed by atoms with Crippen molar-refractivity contribution in [3.8, 4) is 17.0 Å². The van der Waals surface area contributed by atoms with Crippen molar-refractivity contribution in [2.24, 2.45) is 0 Å². The highest BCUT2D eigenvalue weighted by Crippen LogP contribution is 2.32. The highest BCUT2D eigenvalue weighted by atomic mass is 16.5. The minimum Gasteiger partial charge on any atom is -0.491 e. The van der Waals surface area contributed by atoms with Crippen LogP contribution in [0.15, 0.2) is 48.5 Å². The van der Waals surface area contributed by atoms with Gasteiger partial charge in [-0.3, -0.25) is 0 Å².